The van der Waals surface area contributed by atoms with E-state index in [1.165, 1.54) is 16.7 Å². The van der Waals surface area contributed by atoms with Crippen LogP contribution in [0.5, 0.6) is 0 Å². The van der Waals surface area contributed by atoms with E-state index in [9.17, 15) is 18.8 Å². The number of pyridine rings is 1. The molecule has 0 aliphatic carbocycles. The Morgan fingerprint density at radius 3 is 2.47 bits per heavy atom. The van der Waals surface area contributed by atoms with E-state index < -0.39 is 17.2 Å². The van der Waals surface area contributed by atoms with Gasteiger partial charge in [0.1, 0.15) is 5.82 Å². The first-order valence-corrected chi connectivity index (χ1v) is 11.4. The van der Waals surface area contributed by atoms with Crippen LogP contribution in [0, 0.1) is 11.7 Å². The summed E-state index contributed by atoms with van der Waals surface area (Å²) < 4.78 is 15.2. The molecule has 3 rings (SSSR count). The normalized spacial score (nSPS) is 12.6. The summed E-state index contributed by atoms with van der Waals surface area (Å²) in [6.45, 7) is 8.32. The molecular weight excluding hydrogens is 437 g/mol. The maximum atomic E-state index is 13.8. The van der Waals surface area contributed by atoms with Crippen LogP contribution in [0.25, 0.3) is 11.0 Å². The molecule has 34 heavy (non-hydrogen) atoms. The molecule has 9 heteroatoms. The highest BCUT2D eigenvalue weighted by Gasteiger charge is 2.22. The van der Waals surface area contributed by atoms with Gasteiger partial charge >= 0.3 is 5.69 Å². The van der Waals surface area contributed by atoms with Crippen molar-refractivity contribution in [2.24, 2.45) is 5.92 Å². The molecule has 2 N–H and O–H groups in total. The van der Waals surface area contributed by atoms with Crippen LogP contribution in [-0.2, 0) is 6.54 Å². The number of aromatic amines is 1. The Hall–Kier alpha value is -3.33. The van der Waals surface area contributed by atoms with E-state index in [1.54, 1.807) is 18.2 Å². The van der Waals surface area contributed by atoms with Gasteiger partial charge in [0, 0.05) is 18.8 Å². The maximum absolute atomic E-state index is 13.8. The molecule has 1 atom stereocenters. The minimum atomic E-state index is -0.651. The highest BCUT2D eigenvalue weighted by molar-refractivity contribution is 6.05. The molecule has 0 fully saturated rings. The smallest absolute Gasteiger partial charge is 0.330 e. The number of halogens is 1. The highest BCUT2D eigenvalue weighted by atomic mass is 19.1. The van der Waals surface area contributed by atoms with Gasteiger partial charge in [-0.2, -0.15) is 0 Å². The highest BCUT2D eigenvalue weighted by Crippen LogP contribution is 2.22. The van der Waals surface area contributed by atoms with Gasteiger partial charge in [0.25, 0.3) is 11.5 Å². The number of hydrogen-bond donors (Lipinski definition) is 2. The van der Waals surface area contributed by atoms with E-state index in [0.29, 0.717) is 12.2 Å². The summed E-state index contributed by atoms with van der Waals surface area (Å²) in [4.78, 5) is 47.5. The van der Waals surface area contributed by atoms with Gasteiger partial charge in [-0.1, -0.05) is 39.8 Å². The summed E-state index contributed by atoms with van der Waals surface area (Å²) in [6, 6.07) is 7.55. The minimum Gasteiger partial charge on any atom is -0.350 e. The third-order valence-electron chi connectivity index (χ3n) is 5.67. The van der Waals surface area contributed by atoms with E-state index in [-0.39, 0.29) is 46.8 Å². The number of benzene rings is 1. The van der Waals surface area contributed by atoms with Gasteiger partial charge in [-0.25, -0.2) is 14.2 Å². The monoisotopic (exact) mass is 469 g/mol. The number of aromatic nitrogens is 3. The zero-order valence-electron chi connectivity index (χ0n) is 20.5. The fraction of sp³-hybridized carbons (Fsp3) is 0.440. The Labute approximate surface area is 197 Å². The molecular formula is C25H32FN5O3. The van der Waals surface area contributed by atoms with Crippen molar-refractivity contribution in [3.05, 3.63) is 73.8 Å². The molecule has 0 saturated heterocycles. The average molecular weight is 470 g/mol. The number of H-pyrrole nitrogens is 1. The lowest BCUT2D eigenvalue weighted by molar-refractivity contribution is 0.0943. The largest absolute Gasteiger partial charge is 0.350 e. The van der Waals surface area contributed by atoms with E-state index in [1.807, 2.05) is 46.7 Å². The number of amides is 1. The molecule has 8 nitrogen and oxygen atoms in total. The lowest BCUT2D eigenvalue weighted by Gasteiger charge is -2.25. The van der Waals surface area contributed by atoms with Gasteiger partial charge in [0.05, 0.1) is 17.0 Å². The summed E-state index contributed by atoms with van der Waals surface area (Å²) in [5.41, 5.74) is 0.482. The number of carbonyl (C=O) groups is 1. The van der Waals surface area contributed by atoms with Gasteiger partial charge in [0.2, 0.25) is 0 Å². The molecule has 2 heterocycles. The first kappa shape index (κ1) is 25.3. The lowest BCUT2D eigenvalue weighted by Crippen LogP contribution is -2.37. The lowest BCUT2D eigenvalue weighted by atomic mass is 10.0. The molecule has 0 aliphatic rings. The predicted octanol–water partition coefficient (Wildman–Crippen LogP) is 3.04. The Morgan fingerprint density at radius 2 is 1.88 bits per heavy atom. The molecule has 0 aliphatic heterocycles. The average Bonchev–Trinajstić information content (AvgIpc) is 2.75. The molecule has 0 saturated carbocycles. The molecule has 2 aromatic heterocycles. The van der Waals surface area contributed by atoms with Crippen LogP contribution >= 0.6 is 0 Å². The van der Waals surface area contributed by atoms with Crippen LogP contribution in [0.4, 0.5) is 4.39 Å². The number of hydrogen-bond acceptors (Lipinski definition) is 5. The van der Waals surface area contributed by atoms with Crippen LogP contribution in [0.2, 0.25) is 0 Å². The SMILES string of the molecule is CC(C)Cn1c(=O)[nH]c(=O)c2c(C(=O)NCC(c3cccc(F)c3)N(C)C)cc(C(C)C)nc21. The standard InChI is InChI=1S/C25H32FN5O3/c1-14(2)13-31-22-21(24(33)29-25(31)34)18(11-19(28-22)15(3)4)23(32)27-12-20(30(5)6)16-8-7-9-17(26)10-16/h7-11,14-15,20H,12-13H2,1-6H3,(H,27,32)(H,29,33,34). The number of nitrogens with one attached hydrogen (secondary N) is 2. The van der Waals surface area contributed by atoms with Crippen LogP contribution in [0.1, 0.15) is 61.3 Å². The quantitative estimate of drug-likeness (QED) is 0.528. The second-order valence-electron chi connectivity index (χ2n) is 9.46. The van der Waals surface area contributed by atoms with Gasteiger partial charge in [-0.15, -0.1) is 0 Å². The number of carbonyl (C=O) groups excluding carboxylic acids is 1. The Morgan fingerprint density at radius 1 is 1.18 bits per heavy atom. The maximum Gasteiger partial charge on any atom is 0.330 e. The number of fused-ring (bicyclic) bond motifs is 1. The van der Waals surface area contributed by atoms with E-state index in [2.05, 4.69) is 15.3 Å². The third-order valence-corrected chi connectivity index (χ3v) is 5.67. The van der Waals surface area contributed by atoms with Crippen molar-refractivity contribution in [3.63, 3.8) is 0 Å². The van der Waals surface area contributed by atoms with Crippen molar-refractivity contribution < 1.29 is 9.18 Å². The Bertz CT molecular complexity index is 1310. The predicted molar refractivity (Wildman–Crippen MR) is 131 cm³/mol. The van der Waals surface area contributed by atoms with Crippen LogP contribution in [0.15, 0.2) is 39.9 Å². The molecule has 0 bridgehead atoms. The number of rotatable bonds is 8. The van der Waals surface area contributed by atoms with Gasteiger partial charge in [-0.3, -0.25) is 19.1 Å². The fourth-order valence-corrected chi connectivity index (χ4v) is 3.90. The minimum absolute atomic E-state index is 0.0281. The summed E-state index contributed by atoms with van der Waals surface area (Å²) in [6.07, 6.45) is 0. The summed E-state index contributed by atoms with van der Waals surface area (Å²) in [5, 5.41) is 2.97. The summed E-state index contributed by atoms with van der Waals surface area (Å²) in [7, 11) is 3.69. The van der Waals surface area contributed by atoms with Gasteiger partial charge in [-0.05, 0) is 49.7 Å². The van der Waals surface area contributed by atoms with E-state index >= 15 is 0 Å². The van der Waals surface area contributed by atoms with E-state index in [0.717, 1.165) is 5.56 Å². The van der Waals surface area contributed by atoms with Crippen LogP contribution in [-0.4, -0.2) is 46.0 Å². The number of nitrogens with zero attached hydrogens (tertiary/aromatic N) is 3. The fourth-order valence-electron chi connectivity index (χ4n) is 3.90. The molecule has 1 aromatic carbocycles. The van der Waals surface area contributed by atoms with E-state index in [4.69, 9.17) is 0 Å². The topological polar surface area (TPSA) is 100 Å². The molecule has 0 radical (unpaired) electrons. The van der Waals surface area contributed by atoms with Crippen molar-refractivity contribution >= 4 is 16.9 Å². The van der Waals surface area contributed by atoms with Crippen LogP contribution in [0.3, 0.4) is 0 Å². The van der Waals surface area contributed by atoms with Gasteiger partial charge in [0.15, 0.2) is 5.65 Å². The Kier molecular flexibility index (Phi) is 7.66. The van der Waals surface area contributed by atoms with Crippen LogP contribution < -0.4 is 16.6 Å². The second kappa shape index (κ2) is 10.3. The molecule has 0 spiro atoms. The van der Waals surface area contributed by atoms with Gasteiger partial charge < -0.3 is 10.2 Å². The zero-order valence-corrected chi connectivity index (χ0v) is 20.5. The summed E-state index contributed by atoms with van der Waals surface area (Å²) in [5.74, 6) is -0.717. The van der Waals surface area contributed by atoms with Crippen molar-refractivity contribution in [1.29, 1.82) is 0 Å². The van der Waals surface area contributed by atoms with Crippen molar-refractivity contribution in [1.82, 2.24) is 24.8 Å². The summed E-state index contributed by atoms with van der Waals surface area (Å²) >= 11 is 0. The molecule has 1 unspecified atom stereocenters. The first-order valence-electron chi connectivity index (χ1n) is 11.4. The molecule has 1 amide bonds. The zero-order chi connectivity index (χ0) is 25.2. The van der Waals surface area contributed by atoms with Crippen molar-refractivity contribution in [3.8, 4) is 0 Å². The Balaban J connectivity index is 2.08. The first-order chi connectivity index (χ1) is 16.0. The third kappa shape index (κ3) is 5.41. The van der Waals surface area contributed by atoms with Crippen molar-refractivity contribution in [2.75, 3.05) is 20.6 Å². The second-order valence-corrected chi connectivity index (χ2v) is 9.46. The van der Waals surface area contributed by atoms with Crippen molar-refractivity contribution in [2.45, 2.75) is 46.2 Å². The number of likely N-dealkylation sites (N-methyl/N-ethyl adjacent to an activating group) is 1. The molecule has 182 valence electrons. The molecule has 3 aromatic rings.